The number of para-hydroxylation sites is 1. The van der Waals surface area contributed by atoms with E-state index in [0.717, 1.165) is 19.4 Å². The number of fused-ring (bicyclic) bond motifs is 1. The number of carbonyl (C=O) groups is 1. The lowest BCUT2D eigenvalue weighted by atomic mass is 10.0. The number of nitrogens with zero attached hydrogens (tertiary/aromatic N) is 1. The van der Waals surface area contributed by atoms with Crippen LogP contribution >= 0.6 is 0 Å². The molecule has 1 amide bonds. The van der Waals surface area contributed by atoms with Gasteiger partial charge in [-0.1, -0.05) is 37.5 Å². The molecule has 0 aromatic heterocycles. The third kappa shape index (κ3) is 7.37. The highest BCUT2D eigenvalue weighted by Crippen LogP contribution is 2.26. The van der Waals surface area contributed by atoms with Crippen molar-refractivity contribution in [1.82, 2.24) is 5.32 Å². The molecule has 1 heterocycles. The van der Waals surface area contributed by atoms with Crippen LogP contribution in [0.15, 0.2) is 24.3 Å². The Hall–Kier alpha value is -1.71. The van der Waals surface area contributed by atoms with E-state index in [1.165, 1.54) is 49.9 Å². The SMILES string of the molecule is CC(C)(C)OC(=O)NCCCCCCCN1CCCc2ccccc21. The highest BCUT2D eigenvalue weighted by molar-refractivity contribution is 5.67. The second-order valence-corrected chi connectivity index (χ2v) is 7.92. The molecule has 1 aromatic carbocycles. The predicted molar refractivity (Wildman–Crippen MR) is 104 cm³/mol. The fraction of sp³-hybridized carbons (Fsp3) is 0.667. The molecule has 0 atom stereocenters. The van der Waals surface area contributed by atoms with E-state index in [9.17, 15) is 4.79 Å². The summed E-state index contributed by atoms with van der Waals surface area (Å²) in [5, 5.41) is 2.82. The van der Waals surface area contributed by atoms with Crippen LogP contribution in [-0.2, 0) is 11.2 Å². The average molecular weight is 347 g/mol. The van der Waals surface area contributed by atoms with Gasteiger partial charge in [0.1, 0.15) is 5.60 Å². The first-order chi connectivity index (χ1) is 12.0. The molecule has 0 unspecified atom stereocenters. The van der Waals surface area contributed by atoms with Crippen LogP contribution in [0.5, 0.6) is 0 Å². The number of unbranched alkanes of at least 4 members (excludes halogenated alkanes) is 4. The summed E-state index contributed by atoms with van der Waals surface area (Å²) in [5.74, 6) is 0. The molecule has 1 aromatic rings. The lowest BCUT2D eigenvalue weighted by Crippen LogP contribution is -2.33. The Morgan fingerprint density at radius 1 is 1.12 bits per heavy atom. The van der Waals surface area contributed by atoms with Gasteiger partial charge in [-0.15, -0.1) is 0 Å². The molecule has 0 saturated heterocycles. The minimum atomic E-state index is -0.419. The topological polar surface area (TPSA) is 41.6 Å². The van der Waals surface area contributed by atoms with Crippen molar-refractivity contribution in [3.8, 4) is 0 Å². The number of rotatable bonds is 8. The maximum absolute atomic E-state index is 11.5. The molecule has 25 heavy (non-hydrogen) atoms. The molecule has 1 aliphatic heterocycles. The first kappa shape index (κ1) is 19.6. The largest absolute Gasteiger partial charge is 0.444 e. The van der Waals surface area contributed by atoms with Crippen molar-refractivity contribution < 1.29 is 9.53 Å². The lowest BCUT2D eigenvalue weighted by molar-refractivity contribution is 0.0527. The van der Waals surface area contributed by atoms with Crippen LogP contribution in [0.3, 0.4) is 0 Å². The number of ether oxygens (including phenoxy) is 1. The van der Waals surface area contributed by atoms with Crippen molar-refractivity contribution in [1.29, 1.82) is 0 Å². The van der Waals surface area contributed by atoms with E-state index < -0.39 is 5.60 Å². The fourth-order valence-electron chi connectivity index (χ4n) is 3.31. The van der Waals surface area contributed by atoms with Crippen LogP contribution < -0.4 is 10.2 Å². The summed E-state index contributed by atoms with van der Waals surface area (Å²) < 4.78 is 5.22. The number of nitrogens with one attached hydrogen (secondary N) is 1. The maximum atomic E-state index is 11.5. The van der Waals surface area contributed by atoms with Gasteiger partial charge in [0.15, 0.2) is 0 Å². The number of carbonyl (C=O) groups excluding carboxylic acids is 1. The van der Waals surface area contributed by atoms with E-state index in [1.807, 2.05) is 20.8 Å². The summed E-state index contributed by atoms with van der Waals surface area (Å²) in [6.45, 7) is 8.70. The summed E-state index contributed by atoms with van der Waals surface area (Å²) in [6, 6.07) is 8.82. The number of amides is 1. The molecule has 0 saturated carbocycles. The quantitative estimate of drug-likeness (QED) is 0.680. The van der Waals surface area contributed by atoms with E-state index in [0.29, 0.717) is 6.54 Å². The van der Waals surface area contributed by atoms with Gasteiger partial charge < -0.3 is 15.0 Å². The molecule has 0 radical (unpaired) electrons. The summed E-state index contributed by atoms with van der Waals surface area (Å²) in [5.41, 5.74) is 2.52. The van der Waals surface area contributed by atoms with Gasteiger partial charge in [0.2, 0.25) is 0 Å². The minimum Gasteiger partial charge on any atom is -0.444 e. The zero-order valence-corrected chi connectivity index (χ0v) is 16.1. The van der Waals surface area contributed by atoms with E-state index in [-0.39, 0.29) is 6.09 Å². The molecule has 0 fully saturated rings. The molecule has 0 bridgehead atoms. The monoisotopic (exact) mass is 346 g/mol. The minimum absolute atomic E-state index is 0.309. The van der Waals surface area contributed by atoms with Crippen LogP contribution in [0.25, 0.3) is 0 Å². The van der Waals surface area contributed by atoms with E-state index in [1.54, 1.807) is 0 Å². The summed E-state index contributed by atoms with van der Waals surface area (Å²) in [6.07, 6.45) is 8.09. The first-order valence-electron chi connectivity index (χ1n) is 9.75. The number of hydrogen-bond donors (Lipinski definition) is 1. The van der Waals surface area contributed by atoms with Crippen molar-refractivity contribution >= 4 is 11.8 Å². The molecule has 2 rings (SSSR count). The number of anilines is 1. The van der Waals surface area contributed by atoms with Crippen molar-refractivity contribution in [2.24, 2.45) is 0 Å². The molecule has 4 nitrogen and oxygen atoms in total. The summed E-state index contributed by atoms with van der Waals surface area (Å²) >= 11 is 0. The third-order valence-corrected chi connectivity index (χ3v) is 4.48. The molecule has 1 N–H and O–H groups in total. The zero-order chi connectivity index (χ0) is 18.1. The molecule has 140 valence electrons. The smallest absolute Gasteiger partial charge is 0.407 e. The second kappa shape index (κ2) is 9.69. The molecular weight excluding hydrogens is 312 g/mol. The van der Waals surface area contributed by atoms with Crippen LogP contribution in [0.2, 0.25) is 0 Å². The van der Waals surface area contributed by atoms with Gasteiger partial charge in [0.25, 0.3) is 0 Å². The summed E-state index contributed by atoms with van der Waals surface area (Å²) in [4.78, 5) is 14.1. The Morgan fingerprint density at radius 2 is 1.84 bits per heavy atom. The van der Waals surface area contributed by atoms with Crippen LogP contribution in [0, 0.1) is 0 Å². The van der Waals surface area contributed by atoms with Gasteiger partial charge in [-0.2, -0.15) is 0 Å². The first-order valence-corrected chi connectivity index (χ1v) is 9.75. The number of alkyl carbamates (subject to hydrolysis) is 1. The lowest BCUT2D eigenvalue weighted by Gasteiger charge is -2.31. The van der Waals surface area contributed by atoms with Crippen LogP contribution in [-0.4, -0.2) is 31.3 Å². The predicted octanol–water partition coefficient (Wildman–Crippen LogP) is 4.91. The van der Waals surface area contributed by atoms with E-state index in [4.69, 9.17) is 4.74 Å². The fourth-order valence-corrected chi connectivity index (χ4v) is 3.31. The highest BCUT2D eigenvalue weighted by Gasteiger charge is 2.16. The summed E-state index contributed by atoms with van der Waals surface area (Å²) in [7, 11) is 0. The standard InChI is InChI=1S/C21H34N2O2/c1-21(2,3)25-20(24)22-15-9-5-4-6-10-16-23-17-11-13-18-12-7-8-14-19(18)23/h7-8,12,14H,4-6,9-11,13,15-17H2,1-3H3,(H,22,24). The van der Waals surface area contributed by atoms with Gasteiger partial charge in [0.05, 0.1) is 0 Å². The number of hydrogen-bond acceptors (Lipinski definition) is 3. The van der Waals surface area contributed by atoms with E-state index in [2.05, 4.69) is 34.5 Å². The number of benzene rings is 1. The molecular formula is C21H34N2O2. The Kier molecular flexibility index (Phi) is 7.60. The zero-order valence-electron chi connectivity index (χ0n) is 16.1. The van der Waals surface area contributed by atoms with Crippen molar-refractivity contribution in [2.45, 2.75) is 71.3 Å². The van der Waals surface area contributed by atoms with Crippen LogP contribution in [0.1, 0.15) is 64.9 Å². The molecule has 0 aliphatic carbocycles. The van der Waals surface area contributed by atoms with Gasteiger partial charge in [-0.05, 0) is 58.1 Å². The molecule has 0 spiro atoms. The van der Waals surface area contributed by atoms with Crippen LogP contribution in [0.4, 0.5) is 10.5 Å². The second-order valence-electron chi connectivity index (χ2n) is 7.92. The van der Waals surface area contributed by atoms with Gasteiger partial charge >= 0.3 is 6.09 Å². The van der Waals surface area contributed by atoms with Crippen molar-refractivity contribution in [3.63, 3.8) is 0 Å². The Bertz CT molecular complexity index is 537. The average Bonchev–Trinajstić information content (AvgIpc) is 2.55. The Morgan fingerprint density at radius 3 is 2.64 bits per heavy atom. The number of aryl methyl sites for hydroxylation is 1. The highest BCUT2D eigenvalue weighted by atomic mass is 16.6. The molecule has 4 heteroatoms. The van der Waals surface area contributed by atoms with Gasteiger partial charge in [-0.3, -0.25) is 0 Å². The van der Waals surface area contributed by atoms with Gasteiger partial charge in [-0.25, -0.2) is 4.79 Å². The van der Waals surface area contributed by atoms with Gasteiger partial charge in [0, 0.05) is 25.3 Å². The third-order valence-electron chi connectivity index (χ3n) is 4.48. The Labute approximate surface area is 152 Å². The Balaban J connectivity index is 1.51. The van der Waals surface area contributed by atoms with Crippen molar-refractivity contribution in [3.05, 3.63) is 29.8 Å². The van der Waals surface area contributed by atoms with E-state index >= 15 is 0 Å². The molecule has 1 aliphatic rings. The maximum Gasteiger partial charge on any atom is 0.407 e. The normalized spacial score (nSPS) is 14.1. The van der Waals surface area contributed by atoms with Crippen molar-refractivity contribution in [2.75, 3.05) is 24.5 Å².